The quantitative estimate of drug-likeness (QED) is 0.675. The highest BCUT2D eigenvalue weighted by Gasteiger charge is 2.28. The molecule has 29 heavy (non-hydrogen) atoms. The number of benzene rings is 3. The summed E-state index contributed by atoms with van der Waals surface area (Å²) in [6.07, 6.45) is 0. The van der Waals surface area contributed by atoms with E-state index >= 15 is 0 Å². The van der Waals surface area contributed by atoms with Gasteiger partial charge in [0.15, 0.2) is 0 Å². The number of rotatable bonds is 6. The van der Waals surface area contributed by atoms with Gasteiger partial charge in [0.2, 0.25) is 15.9 Å². The molecule has 3 aromatic carbocycles. The number of amides is 1. The molecule has 0 saturated heterocycles. The summed E-state index contributed by atoms with van der Waals surface area (Å²) in [6, 6.07) is 25.4. The van der Waals surface area contributed by atoms with Gasteiger partial charge in [0.05, 0.1) is 16.9 Å². The van der Waals surface area contributed by atoms with E-state index in [1.807, 2.05) is 67.6 Å². The first-order valence-electron chi connectivity index (χ1n) is 9.28. The van der Waals surface area contributed by atoms with E-state index in [9.17, 15) is 13.2 Å². The molecule has 0 aliphatic carbocycles. The third kappa shape index (κ3) is 4.72. The van der Waals surface area contributed by atoms with Crippen molar-refractivity contribution in [1.29, 1.82) is 0 Å². The van der Waals surface area contributed by atoms with Gasteiger partial charge in [-0.15, -0.1) is 0 Å². The molecule has 0 fully saturated rings. The normalized spacial score (nSPS) is 12.6. The van der Waals surface area contributed by atoms with Crippen LogP contribution in [0.25, 0.3) is 0 Å². The predicted octanol–water partition coefficient (Wildman–Crippen LogP) is 3.69. The molecule has 5 nitrogen and oxygen atoms in total. The smallest absolute Gasteiger partial charge is 0.238 e. The Morgan fingerprint density at radius 2 is 1.24 bits per heavy atom. The Hall–Kier alpha value is -2.96. The largest absolute Gasteiger partial charge is 0.338 e. The minimum atomic E-state index is -3.75. The maximum absolute atomic E-state index is 13.5. The summed E-state index contributed by atoms with van der Waals surface area (Å²) in [6.45, 7) is 1.91. The van der Waals surface area contributed by atoms with E-state index < -0.39 is 15.9 Å². The lowest BCUT2D eigenvalue weighted by Crippen LogP contribution is -2.34. The molecule has 0 radical (unpaired) electrons. The number of nitrogens with two attached hydrogens (primary N) is 1. The highest BCUT2D eigenvalue weighted by molar-refractivity contribution is 7.89. The molecule has 0 aromatic heterocycles. The summed E-state index contributed by atoms with van der Waals surface area (Å²) in [4.78, 5) is 15.2. The second-order valence-electron chi connectivity index (χ2n) is 6.99. The minimum Gasteiger partial charge on any atom is -0.338 e. The first-order valence-corrected chi connectivity index (χ1v) is 10.8. The van der Waals surface area contributed by atoms with Crippen molar-refractivity contribution in [3.63, 3.8) is 0 Å². The Bertz CT molecular complexity index is 1030. The van der Waals surface area contributed by atoms with E-state index in [1.165, 1.54) is 12.1 Å². The summed E-state index contributed by atoms with van der Waals surface area (Å²) >= 11 is 0. The number of hydrogen-bond acceptors (Lipinski definition) is 3. The molecule has 2 N–H and O–H groups in total. The van der Waals surface area contributed by atoms with Gasteiger partial charge in [-0.1, -0.05) is 72.8 Å². The van der Waals surface area contributed by atoms with Crippen LogP contribution in [0.5, 0.6) is 0 Å². The number of primary sulfonamides is 1. The lowest BCUT2D eigenvalue weighted by Gasteiger charge is -2.30. The third-order valence-corrected chi connectivity index (χ3v) is 6.06. The summed E-state index contributed by atoms with van der Waals surface area (Å²) in [5, 5.41) is 5.17. The van der Waals surface area contributed by atoms with Crippen molar-refractivity contribution in [2.45, 2.75) is 23.8 Å². The van der Waals surface area contributed by atoms with Crippen LogP contribution in [-0.2, 0) is 14.8 Å². The van der Waals surface area contributed by atoms with E-state index in [2.05, 4.69) is 0 Å². The fraction of sp³-hybridized carbons (Fsp3) is 0.174. The van der Waals surface area contributed by atoms with Crippen molar-refractivity contribution in [1.82, 2.24) is 4.90 Å². The van der Waals surface area contributed by atoms with Crippen molar-refractivity contribution >= 4 is 15.9 Å². The number of hydrogen-bond donors (Lipinski definition) is 1. The summed E-state index contributed by atoms with van der Waals surface area (Å²) in [5.74, 6) is -0.459. The van der Waals surface area contributed by atoms with E-state index in [0.29, 0.717) is 0 Å². The summed E-state index contributed by atoms with van der Waals surface area (Å²) < 4.78 is 22.9. The maximum atomic E-state index is 13.5. The Labute approximate surface area is 171 Å². The number of carbonyl (C=O) groups is 1. The first kappa shape index (κ1) is 20.8. The molecule has 0 heterocycles. The molecule has 0 aliphatic rings. The molecule has 0 unspecified atom stereocenters. The average Bonchev–Trinajstić information content (AvgIpc) is 2.74. The molecule has 3 aromatic rings. The van der Waals surface area contributed by atoms with Crippen molar-refractivity contribution in [2.24, 2.45) is 5.14 Å². The van der Waals surface area contributed by atoms with Crippen LogP contribution < -0.4 is 5.14 Å². The van der Waals surface area contributed by atoms with Gasteiger partial charge in [-0.2, -0.15) is 0 Å². The van der Waals surface area contributed by atoms with E-state index in [-0.39, 0.29) is 16.8 Å². The van der Waals surface area contributed by atoms with Crippen LogP contribution in [0, 0.1) is 0 Å². The van der Waals surface area contributed by atoms with E-state index in [4.69, 9.17) is 5.14 Å². The highest BCUT2D eigenvalue weighted by atomic mass is 32.2. The first-order chi connectivity index (χ1) is 13.8. The van der Waals surface area contributed by atoms with Crippen molar-refractivity contribution in [3.8, 4) is 0 Å². The van der Waals surface area contributed by atoms with Crippen LogP contribution in [0.1, 0.15) is 35.6 Å². The summed E-state index contributed by atoms with van der Waals surface area (Å²) in [5.41, 5.74) is 2.67. The third-order valence-electron chi connectivity index (χ3n) is 5.13. The zero-order valence-electron chi connectivity index (χ0n) is 16.4. The van der Waals surface area contributed by atoms with Crippen LogP contribution in [0.15, 0.2) is 89.8 Å². The maximum Gasteiger partial charge on any atom is 0.238 e. The Balaban J connectivity index is 1.91. The second kappa shape index (κ2) is 8.59. The number of sulfonamides is 1. The molecule has 6 heteroatoms. The zero-order valence-corrected chi connectivity index (χ0v) is 17.2. The van der Waals surface area contributed by atoms with Gasteiger partial charge in [0.1, 0.15) is 0 Å². The molecule has 1 atom stereocenters. The fourth-order valence-corrected chi connectivity index (χ4v) is 3.84. The molecular weight excluding hydrogens is 384 g/mol. The van der Waals surface area contributed by atoms with Crippen molar-refractivity contribution in [3.05, 3.63) is 102 Å². The monoisotopic (exact) mass is 408 g/mol. The number of carbonyl (C=O) groups excluding carboxylic acids is 1. The fourth-order valence-electron chi connectivity index (χ4n) is 3.32. The molecule has 0 spiro atoms. The Kier molecular flexibility index (Phi) is 6.15. The van der Waals surface area contributed by atoms with Crippen LogP contribution >= 0.6 is 0 Å². The van der Waals surface area contributed by atoms with Crippen molar-refractivity contribution < 1.29 is 13.2 Å². The molecule has 0 aliphatic heterocycles. The molecule has 0 bridgehead atoms. The van der Waals surface area contributed by atoms with Gasteiger partial charge in [-0.05, 0) is 35.7 Å². The lowest BCUT2D eigenvalue weighted by atomic mass is 9.89. The Morgan fingerprint density at radius 1 is 0.793 bits per heavy atom. The molecule has 1 amide bonds. The predicted molar refractivity (Wildman–Crippen MR) is 114 cm³/mol. The van der Waals surface area contributed by atoms with Gasteiger partial charge in [0, 0.05) is 7.05 Å². The molecule has 150 valence electrons. The topological polar surface area (TPSA) is 80.5 Å². The van der Waals surface area contributed by atoms with Crippen LogP contribution in [0.3, 0.4) is 0 Å². The van der Waals surface area contributed by atoms with Crippen LogP contribution in [0.4, 0.5) is 0 Å². The van der Waals surface area contributed by atoms with E-state index in [0.717, 1.165) is 16.7 Å². The van der Waals surface area contributed by atoms with Gasteiger partial charge in [-0.25, -0.2) is 13.6 Å². The second-order valence-corrected chi connectivity index (χ2v) is 8.55. The number of nitrogens with zero attached hydrogens (tertiary/aromatic N) is 1. The lowest BCUT2D eigenvalue weighted by molar-refractivity contribution is -0.132. The minimum absolute atomic E-state index is 0.0366. The molecule has 0 saturated carbocycles. The van der Waals surface area contributed by atoms with Crippen LogP contribution in [-0.4, -0.2) is 26.3 Å². The van der Waals surface area contributed by atoms with Crippen LogP contribution in [0.2, 0.25) is 0 Å². The average molecular weight is 409 g/mol. The molecule has 3 rings (SSSR count). The molecular formula is C23H24N2O3S. The zero-order chi connectivity index (χ0) is 21.0. The highest BCUT2D eigenvalue weighted by Crippen LogP contribution is 2.30. The number of likely N-dealkylation sites (N-methyl/N-ethyl adjacent to an activating group) is 1. The van der Waals surface area contributed by atoms with Gasteiger partial charge in [0.25, 0.3) is 0 Å². The van der Waals surface area contributed by atoms with Crippen molar-refractivity contribution in [2.75, 3.05) is 7.05 Å². The van der Waals surface area contributed by atoms with Gasteiger partial charge in [-0.3, -0.25) is 4.79 Å². The summed E-state index contributed by atoms with van der Waals surface area (Å²) in [7, 11) is -1.98. The van der Waals surface area contributed by atoms with E-state index in [1.54, 1.807) is 24.1 Å². The SMILES string of the molecule is C[C@@H](c1ccc(S(N)(=O)=O)cc1)N(C)C(=O)C(c1ccccc1)c1ccccc1. The van der Waals surface area contributed by atoms with Gasteiger partial charge >= 0.3 is 0 Å². The standard InChI is InChI=1S/C23H24N2O3S/c1-17(18-13-15-21(16-14-18)29(24,27)28)25(2)23(26)22(19-9-5-3-6-10-19)20-11-7-4-8-12-20/h3-17,22H,1-2H3,(H2,24,27,28)/t17-/m0/s1. The van der Waals surface area contributed by atoms with Gasteiger partial charge < -0.3 is 4.90 Å². The Morgan fingerprint density at radius 3 is 1.66 bits per heavy atom.